The van der Waals surface area contributed by atoms with Gasteiger partial charge in [-0.25, -0.2) is 15.0 Å². The number of hydrogen-bond donors (Lipinski definition) is 6. The van der Waals surface area contributed by atoms with Gasteiger partial charge < -0.3 is 45.3 Å². The lowest BCUT2D eigenvalue weighted by molar-refractivity contribution is -0.184. The number of aromatic nitrogens is 9. The molecule has 3 aliphatic heterocycles. The molecular weight excluding hydrogens is 601 g/mol. The second-order valence-electron chi connectivity index (χ2n) is 10.1. The number of aliphatic hydroxyl groups is 2. The van der Waals surface area contributed by atoms with E-state index in [2.05, 4.69) is 35.2 Å². The number of imidazole rings is 1. The largest absolute Gasteiger partial charge is 0.394 e. The Morgan fingerprint density at radius 2 is 2.05 bits per heavy atom. The summed E-state index contributed by atoms with van der Waals surface area (Å²) < 4.78 is 32.0. The third-order valence-electron chi connectivity index (χ3n) is 7.44. The third kappa shape index (κ3) is 4.20. The van der Waals surface area contributed by atoms with Crippen molar-refractivity contribution in [2.45, 2.75) is 42.3 Å². The van der Waals surface area contributed by atoms with Gasteiger partial charge in [-0.15, -0.1) is 5.10 Å². The highest BCUT2D eigenvalue weighted by Crippen LogP contribution is 2.55. The SMILES string of the molecule is Nc1nc2c(nnn2[C@@]2(OP(O)(=S)OC[C@@]34CO[C@@H]([C@H](n5cnc6c(N)ncnc65)O3)[C@@H]4O)CO[C@H](CO)C2)c(=O)[nH]1. The van der Waals surface area contributed by atoms with Crippen LogP contribution in [0.25, 0.3) is 22.3 Å². The number of fused-ring (bicyclic) bond motifs is 4. The number of H-pyrrole nitrogens is 1. The van der Waals surface area contributed by atoms with E-state index in [0.717, 1.165) is 4.68 Å². The maximum Gasteiger partial charge on any atom is 0.326 e. The fourth-order valence-corrected chi connectivity index (χ4v) is 7.07. The van der Waals surface area contributed by atoms with Crippen molar-refractivity contribution < 1.29 is 38.4 Å². The number of hydrogen-bond acceptors (Lipinski definition) is 17. The molecule has 22 heteroatoms. The zero-order valence-electron chi connectivity index (χ0n) is 21.4. The molecule has 3 fully saturated rings. The highest BCUT2D eigenvalue weighted by Gasteiger charge is 2.63. The van der Waals surface area contributed by atoms with Crippen LogP contribution < -0.4 is 17.0 Å². The summed E-state index contributed by atoms with van der Waals surface area (Å²) >= 11 is 5.35. The van der Waals surface area contributed by atoms with Crippen molar-refractivity contribution in [2.24, 2.45) is 0 Å². The Hall–Kier alpha value is -3.24. The molecule has 20 nitrogen and oxygen atoms in total. The first-order chi connectivity index (χ1) is 20.0. The molecule has 8 N–H and O–H groups in total. The average molecular weight is 626 g/mol. The lowest BCUT2D eigenvalue weighted by atomic mass is 10.0. The van der Waals surface area contributed by atoms with Gasteiger partial charge in [-0.2, -0.15) is 9.67 Å². The van der Waals surface area contributed by atoms with E-state index >= 15 is 0 Å². The number of nitrogens with zero attached hydrogens (tertiary/aromatic N) is 8. The molecule has 0 spiro atoms. The zero-order valence-corrected chi connectivity index (χ0v) is 23.1. The molecule has 4 aromatic rings. The van der Waals surface area contributed by atoms with Crippen LogP contribution in [-0.2, 0) is 40.8 Å². The van der Waals surface area contributed by atoms with E-state index in [-0.39, 0.29) is 49.2 Å². The van der Waals surface area contributed by atoms with Gasteiger partial charge in [0.2, 0.25) is 5.95 Å². The summed E-state index contributed by atoms with van der Waals surface area (Å²) in [5.74, 6) is -0.0319. The smallest absolute Gasteiger partial charge is 0.326 e. The number of aliphatic hydroxyl groups excluding tert-OH is 2. The van der Waals surface area contributed by atoms with Gasteiger partial charge in [0.05, 0.1) is 38.9 Å². The fraction of sp³-hybridized carbons (Fsp3) is 0.550. The van der Waals surface area contributed by atoms with Crippen LogP contribution in [0.5, 0.6) is 0 Å². The van der Waals surface area contributed by atoms with Crippen molar-refractivity contribution in [3.05, 3.63) is 23.0 Å². The van der Waals surface area contributed by atoms with Crippen LogP contribution in [0.3, 0.4) is 0 Å². The molecule has 0 radical (unpaired) electrons. The van der Waals surface area contributed by atoms with E-state index in [1.165, 1.54) is 12.7 Å². The molecular formula is C20H24N11O9PS. The van der Waals surface area contributed by atoms with Gasteiger partial charge in [0.25, 0.3) is 5.56 Å². The first-order valence-electron chi connectivity index (χ1n) is 12.5. The number of ether oxygens (including phenoxy) is 3. The third-order valence-corrected chi connectivity index (χ3v) is 9.00. The summed E-state index contributed by atoms with van der Waals surface area (Å²) in [5.41, 5.74) is 8.37. The lowest BCUT2D eigenvalue weighted by Gasteiger charge is -2.34. The highest BCUT2D eigenvalue weighted by molar-refractivity contribution is 8.07. The van der Waals surface area contributed by atoms with Gasteiger partial charge in [0.15, 0.2) is 34.6 Å². The van der Waals surface area contributed by atoms with Gasteiger partial charge in [-0.3, -0.25) is 18.9 Å². The molecule has 0 amide bonds. The van der Waals surface area contributed by atoms with E-state index in [4.69, 9.17) is 46.5 Å². The minimum Gasteiger partial charge on any atom is -0.394 e. The number of nitrogen functional groups attached to an aromatic ring is 2. The van der Waals surface area contributed by atoms with Crippen LogP contribution in [0.15, 0.2) is 17.4 Å². The normalized spacial score (nSPS) is 32.3. The molecule has 224 valence electrons. The second kappa shape index (κ2) is 9.64. The summed E-state index contributed by atoms with van der Waals surface area (Å²) in [6.45, 7) is -5.34. The first-order valence-corrected chi connectivity index (χ1v) is 15.1. The summed E-state index contributed by atoms with van der Waals surface area (Å²) in [5, 5.41) is 28.7. The average Bonchev–Trinajstić information content (AvgIpc) is 3.76. The van der Waals surface area contributed by atoms with Gasteiger partial charge >= 0.3 is 6.72 Å². The molecule has 4 aromatic heterocycles. The van der Waals surface area contributed by atoms with Crippen molar-refractivity contribution in [2.75, 3.05) is 37.9 Å². The molecule has 3 saturated heterocycles. The number of anilines is 2. The molecule has 0 aromatic carbocycles. The summed E-state index contributed by atoms with van der Waals surface area (Å²) in [6, 6.07) is 0. The first kappa shape index (κ1) is 27.6. The van der Waals surface area contributed by atoms with Crippen LogP contribution in [0.1, 0.15) is 12.6 Å². The van der Waals surface area contributed by atoms with Crippen LogP contribution in [0.2, 0.25) is 0 Å². The number of aromatic amines is 1. The second-order valence-corrected chi connectivity index (χ2v) is 12.9. The Morgan fingerprint density at radius 3 is 2.83 bits per heavy atom. The van der Waals surface area contributed by atoms with Crippen molar-refractivity contribution in [1.29, 1.82) is 0 Å². The Bertz CT molecular complexity index is 1800. The van der Waals surface area contributed by atoms with Crippen LogP contribution in [0.4, 0.5) is 11.8 Å². The molecule has 0 aliphatic carbocycles. The zero-order chi connectivity index (χ0) is 29.4. The molecule has 42 heavy (non-hydrogen) atoms. The van der Waals surface area contributed by atoms with Crippen molar-refractivity contribution in [3.63, 3.8) is 0 Å². The Kier molecular flexibility index (Phi) is 6.33. The quantitative estimate of drug-likeness (QED) is 0.108. The molecule has 7 atom stereocenters. The highest BCUT2D eigenvalue weighted by atomic mass is 32.5. The van der Waals surface area contributed by atoms with Crippen LogP contribution >= 0.6 is 6.72 Å². The van der Waals surface area contributed by atoms with Crippen LogP contribution in [0, 0.1) is 0 Å². The Balaban J connectivity index is 1.15. The number of nitrogens with one attached hydrogen (secondary N) is 1. The predicted molar refractivity (Wildman–Crippen MR) is 142 cm³/mol. The molecule has 7 rings (SSSR count). The van der Waals surface area contributed by atoms with Crippen molar-refractivity contribution in [3.8, 4) is 0 Å². The standard InChI is InChI=1S/C20H24N11O9PS/c21-13-9-14(24-6-23-13)30(7-25-9)17-11-12(33)19(39-17,3-37-11)4-38-41(35,42)40-20(1-8(2-32)36-5-20)31-15-10(28-29-31)16(34)27-18(22)26-15/h6-8,11-12,17,32-33H,1-5H2,(H,35,42)(H2,21,23,24)(H3,22,26,27,34)/t8-,11+,12-,17+,19+,20-,41?/m0/s1. The topological polar surface area (TPSA) is 279 Å². The minimum absolute atomic E-state index is 0.0606. The molecule has 3 aliphatic rings. The summed E-state index contributed by atoms with van der Waals surface area (Å²) in [4.78, 5) is 42.4. The monoisotopic (exact) mass is 625 g/mol. The van der Waals surface area contributed by atoms with Gasteiger partial charge in [-0.05, 0) is 11.8 Å². The summed E-state index contributed by atoms with van der Waals surface area (Å²) in [6.07, 6.45) is -0.934. The number of rotatable bonds is 8. The molecule has 0 saturated carbocycles. The number of nitrogens with two attached hydrogens (primary N) is 2. The summed E-state index contributed by atoms with van der Waals surface area (Å²) in [7, 11) is 0. The maximum absolute atomic E-state index is 12.3. The van der Waals surface area contributed by atoms with Crippen molar-refractivity contribution in [1.82, 2.24) is 44.5 Å². The van der Waals surface area contributed by atoms with E-state index in [9.17, 15) is 19.9 Å². The van der Waals surface area contributed by atoms with E-state index in [1.807, 2.05) is 0 Å². The molecule has 2 bridgehead atoms. The molecule has 7 heterocycles. The van der Waals surface area contributed by atoms with Crippen LogP contribution in [-0.4, -0.2) is 110 Å². The van der Waals surface area contributed by atoms with Crippen molar-refractivity contribution >= 4 is 52.6 Å². The van der Waals surface area contributed by atoms with E-state index in [1.54, 1.807) is 4.57 Å². The van der Waals surface area contributed by atoms with E-state index < -0.39 is 54.8 Å². The van der Waals surface area contributed by atoms with Gasteiger partial charge in [0.1, 0.15) is 29.7 Å². The fourth-order valence-electron chi connectivity index (χ4n) is 5.43. The lowest BCUT2D eigenvalue weighted by Crippen LogP contribution is -2.45. The van der Waals surface area contributed by atoms with E-state index in [0.29, 0.717) is 11.2 Å². The molecule has 1 unspecified atom stereocenters. The van der Waals surface area contributed by atoms with Gasteiger partial charge in [0, 0.05) is 6.42 Å². The predicted octanol–water partition coefficient (Wildman–Crippen LogP) is -2.77. The Labute approximate surface area is 238 Å². The van der Waals surface area contributed by atoms with Gasteiger partial charge in [-0.1, -0.05) is 5.21 Å². The Morgan fingerprint density at radius 1 is 1.21 bits per heavy atom. The minimum atomic E-state index is -4.19. The maximum atomic E-state index is 12.3.